The van der Waals surface area contributed by atoms with Crippen LogP contribution in [0.1, 0.15) is 59.3 Å². The minimum Gasteiger partial charge on any atom is -0.496 e. The molecule has 1 N–H and O–H groups in total. The molecule has 0 aliphatic carbocycles. The summed E-state index contributed by atoms with van der Waals surface area (Å²) in [7, 11) is 1.61. The lowest BCUT2D eigenvalue weighted by atomic mass is 9.89. The highest BCUT2D eigenvalue weighted by Crippen LogP contribution is 2.39. The van der Waals surface area contributed by atoms with Gasteiger partial charge in [-0.1, -0.05) is 50.1 Å². The Morgan fingerprint density at radius 1 is 1.15 bits per heavy atom. The number of rotatable bonds is 11. The van der Waals surface area contributed by atoms with Gasteiger partial charge in [-0.3, -0.25) is 0 Å². The van der Waals surface area contributed by atoms with Gasteiger partial charge >= 0.3 is 5.97 Å². The highest BCUT2D eigenvalue weighted by molar-refractivity contribution is 7.80. The Bertz CT molecular complexity index is 715. The summed E-state index contributed by atoms with van der Waals surface area (Å²) < 4.78 is 5.43. The van der Waals surface area contributed by atoms with E-state index in [1.807, 2.05) is 13.0 Å². The number of carbonyl (C=O) groups is 1. The van der Waals surface area contributed by atoms with Crippen LogP contribution in [0.5, 0.6) is 5.75 Å². The van der Waals surface area contributed by atoms with Gasteiger partial charge in [0.1, 0.15) is 5.75 Å². The van der Waals surface area contributed by atoms with Crippen molar-refractivity contribution in [3.8, 4) is 5.75 Å². The maximum atomic E-state index is 11.3. The number of carboxylic acid groups (broad SMARTS) is 1. The molecule has 4 heteroatoms. The van der Waals surface area contributed by atoms with Crippen molar-refractivity contribution in [3.05, 3.63) is 71.6 Å². The van der Waals surface area contributed by atoms with E-state index in [0.29, 0.717) is 5.75 Å². The van der Waals surface area contributed by atoms with Crippen LogP contribution in [0.25, 0.3) is 0 Å². The number of benzene rings is 2. The summed E-state index contributed by atoms with van der Waals surface area (Å²) in [6.07, 6.45) is 7.78. The van der Waals surface area contributed by atoms with Crippen molar-refractivity contribution in [2.24, 2.45) is 5.92 Å². The SMILES string of the molecule is C[CH]C(CCCCCc1ccccc1)C(S)c1cc(C(=O)O)ccc1OC. The summed E-state index contributed by atoms with van der Waals surface area (Å²) in [4.78, 5) is 11.3. The number of unbranched alkanes of at least 4 members (excludes halogenated alkanes) is 2. The van der Waals surface area contributed by atoms with E-state index in [2.05, 4.69) is 30.7 Å². The van der Waals surface area contributed by atoms with E-state index in [-0.39, 0.29) is 16.7 Å². The first kappa shape index (κ1) is 21.4. The van der Waals surface area contributed by atoms with E-state index < -0.39 is 5.97 Å². The van der Waals surface area contributed by atoms with Crippen LogP contribution < -0.4 is 4.74 Å². The van der Waals surface area contributed by atoms with Gasteiger partial charge in [-0.15, -0.1) is 0 Å². The molecule has 0 amide bonds. The highest BCUT2D eigenvalue weighted by Gasteiger charge is 2.22. The first-order valence-electron chi connectivity index (χ1n) is 9.49. The Morgan fingerprint density at radius 2 is 1.89 bits per heavy atom. The van der Waals surface area contributed by atoms with Gasteiger partial charge in [-0.2, -0.15) is 12.6 Å². The summed E-state index contributed by atoms with van der Waals surface area (Å²) in [5.41, 5.74) is 2.49. The molecule has 0 saturated carbocycles. The van der Waals surface area contributed by atoms with Gasteiger partial charge in [-0.25, -0.2) is 4.79 Å². The Balaban J connectivity index is 1.92. The quantitative estimate of drug-likeness (QED) is 0.368. The first-order valence-corrected chi connectivity index (χ1v) is 10.0. The number of carboxylic acids is 1. The van der Waals surface area contributed by atoms with E-state index >= 15 is 0 Å². The second-order valence-electron chi connectivity index (χ2n) is 6.79. The molecule has 2 atom stereocenters. The predicted octanol–water partition coefficient (Wildman–Crippen LogP) is 6.01. The lowest BCUT2D eigenvalue weighted by Gasteiger charge is -2.24. The van der Waals surface area contributed by atoms with Crippen LogP contribution in [-0.4, -0.2) is 18.2 Å². The van der Waals surface area contributed by atoms with Crippen LogP contribution in [0.4, 0.5) is 0 Å². The third kappa shape index (κ3) is 6.31. The number of ether oxygens (including phenoxy) is 1. The van der Waals surface area contributed by atoms with Crippen LogP contribution in [0.2, 0.25) is 0 Å². The summed E-state index contributed by atoms with van der Waals surface area (Å²) in [5.74, 6) is 0.0244. The van der Waals surface area contributed by atoms with Gasteiger partial charge in [0.05, 0.1) is 12.7 Å². The van der Waals surface area contributed by atoms with Gasteiger partial charge < -0.3 is 9.84 Å². The average Bonchev–Trinajstić information content (AvgIpc) is 2.70. The van der Waals surface area contributed by atoms with Gasteiger partial charge in [0.15, 0.2) is 0 Å². The molecule has 0 aromatic heterocycles. The molecule has 2 aromatic carbocycles. The van der Waals surface area contributed by atoms with Crippen molar-refractivity contribution < 1.29 is 14.6 Å². The Labute approximate surface area is 168 Å². The minimum absolute atomic E-state index is 0.0848. The van der Waals surface area contributed by atoms with Crippen LogP contribution in [0, 0.1) is 12.3 Å². The molecule has 3 nitrogen and oxygen atoms in total. The molecular formula is C23H29O3S. The van der Waals surface area contributed by atoms with Gasteiger partial charge in [0, 0.05) is 10.8 Å². The highest BCUT2D eigenvalue weighted by atomic mass is 32.1. The molecule has 0 bridgehead atoms. The molecule has 0 aliphatic heterocycles. The molecule has 0 heterocycles. The second-order valence-corrected chi connectivity index (χ2v) is 7.35. The van der Waals surface area contributed by atoms with Crippen LogP contribution >= 0.6 is 12.6 Å². The van der Waals surface area contributed by atoms with Crippen molar-refractivity contribution in [3.63, 3.8) is 0 Å². The molecule has 145 valence electrons. The third-order valence-electron chi connectivity index (χ3n) is 4.97. The van der Waals surface area contributed by atoms with E-state index in [1.165, 1.54) is 18.4 Å². The zero-order valence-corrected chi connectivity index (χ0v) is 17.0. The molecule has 0 aliphatic rings. The van der Waals surface area contributed by atoms with Crippen LogP contribution in [0.3, 0.4) is 0 Å². The van der Waals surface area contributed by atoms with Gasteiger partial charge in [0.2, 0.25) is 0 Å². The third-order valence-corrected chi connectivity index (χ3v) is 5.64. The zero-order valence-electron chi connectivity index (χ0n) is 16.1. The molecule has 2 unspecified atom stereocenters. The van der Waals surface area contributed by atoms with Gasteiger partial charge in [-0.05, 0) is 55.4 Å². The molecule has 2 rings (SSSR count). The van der Waals surface area contributed by atoms with Crippen molar-refractivity contribution >= 4 is 18.6 Å². The second kappa shape index (κ2) is 11.0. The maximum absolute atomic E-state index is 11.3. The van der Waals surface area contributed by atoms with Crippen LogP contribution in [0.15, 0.2) is 48.5 Å². The molecule has 0 saturated heterocycles. The molecular weight excluding hydrogens is 356 g/mol. The van der Waals surface area contributed by atoms with E-state index in [9.17, 15) is 9.90 Å². The minimum atomic E-state index is -0.933. The summed E-state index contributed by atoms with van der Waals surface area (Å²) in [6.45, 7) is 2.05. The Hall–Kier alpha value is -1.94. The smallest absolute Gasteiger partial charge is 0.335 e. The fourth-order valence-corrected chi connectivity index (χ4v) is 3.89. The number of thiol groups is 1. The summed E-state index contributed by atoms with van der Waals surface area (Å²) >= 11 is 4.81. The fraction of sp³-hybridized carbons (Fsp3) is 0.391. The summed E-state index contributed by atoms with van der Waals surface area (Å²) in [5, 5.41) is 9.19. The number of hydrogen-bond acceptors (Lipinski definition) is 3. The number of hydrogen-bond donors (Lipinski definition) is 2. The maximum Gasteiger partial charge on any atom is 0.335 e. The van der Waals surface area contributed by atoms with E-state index in [1.54, 1.807) is 25.3 Å². The Kier molecular flexibility index (Phi) is 8.73. The van der Waals surface area contributed by atoms with E-state index in [4.69, 9.17) is 17.4 Å². The average molecular weight is 386 g/mol. The first-order chi connectivity index (χ1) is 13.1. The Morgan fingerprint density at radius 3 is 2.52 bits per heavy atom. The molecule has 0 fully saturated rings. The predicted molar refractivity (Wildman–Crippen MR) is 114 cm³/mol. The van der Waals surface area contributed by atoms with Crippen molar-refractivity contribution in [2.75, 3.05) is 7.11 Å². The van der Waals surface area contributed by atoms with Crippen molar-refractivity contribution in [1.82, 2.24) is 0 Å². The van der Waals surface area contributed by atoms with Crippen molar-refractivity contribution in [2.45, 2.75) is 44.3 Å². The fourth-order valence-electron chi connectivity index (χ4n) is 3.37. The largest absolute Gasteiger partial charge is 0.496 e. The van der Waals surface area contributed by atoms with Gasteiger partial charge in [0.25, 0.3) is 0 Å². The monoisotopic (exact) mass is 385 g/mol. The summed E-state index contributed by atoms with van der Waals surface area (Å²) in [6, 6.07) is 15.5. The molecule has 1 radical (unpaired) electrons. The molecule has 2 aromatic rings. The molecule has 0 spiro atoms. The number of aryl methyl sites for hydroxylation is 1. The normalized spacial score (nSPS) is 13.1. The van der Waals surface area contributed by atoms with E-state index in [0.717, 1.165) is 24.8 Å². The van der Waals surface area contributed by atoms with Crippen LogP contribution in [-0.2, 0) is 6.42 Å². The lowest BCUT2D eigenvalue weighted by molar-refractivity contribution is 0.0696. The number of aromatic carboxylic acids is 1. The number of methoxy groups -OCH3 is 1. The van der Waals surface area contributed by atoms with Crippen molar-refractivity contribution in [1.29, 1.82) is 0 Å². The topological polar surface area (TPSA) is 46.5 Å². The standard InChI is InChI=1S/C23H29O3S/c1-3-18(13-9-5-8-12-17-10-6-4-7-11-17)22(27)20-16-19(23(24)25)14-15-21(20)26-2/h3-4,6-7,10-11,14-16,18,22,27H,5,8-9,12-13H2,1-2H3,(H,24,25). The zero-order chi connectivity index (χ0) is 19.6. The lowest BCUT2D eigenvalue weighted by Crippen LogP contribution is -2.11. The molecule has 27 heavy (non-hydrogen) atoms.